The monoisotopic (exact) mass is 300 g/mol. The molecule has 0 spiro atoms. The Morgan fingerprint density at radius 2 is 2.20 bits per heavy atom. The average Bonchev–Trinajstić information content (AvgIpc) is 2.74. The lowest BCUT2D eigenvalue weighted by Crippen LogP contribution is -2.15. The smallest absolute Gasteiger partial charge is 0.278 e. The molecule has 0 radical (unpaired) electrons. The molecule has 106 valence electrons. The molecule has 20 heavy (non-hydrogen) atoms. The number of nitrogens with zero attached hydrogens (tertiary/aromatic N) is 1. The predicted molar refractivity (Wildman–Crippen MR) is 71.7 cm³/mol. The number of hydrogen-bond donors (Lipinski definition) is 3. The largest absolute Gasteiger partial charge is 0.395 e. The number of aromatic amines is 1. The Bertz CT molecular complexity index is 648. The molecular formula is C12H11ClF2N4O. The highest BCUT2D eigenvalue weighted by molar-refractivity contribution is 6.34. The summed E-state index contributed by atoms with van der Waals surface area (Å²) >= 11 is 5.68. The van der Waals surface area contributed by atoms with E-state index in [1.54, 1.807) is 0 Å². The molecule has 0 unspecified atom stereocenters. The van der Waals surface area contributed by atoms with Crippen molar-refractivity contribution >= 4 is 28.9 Å². The van der Waals surface area contributed by atoms with Gasteiger partial charge in [0.25, 0.3) is 5.91 Å². The Balaban J connectivity index is 2.30. The van der Waals surface area contributed by atoms with Crippen molar-refractivity contribution in [1.82, 2.24) is 10.2 Å². The third-order valence-electron chi connectivity index (χ3n) is 2.70. The molecule has 0 aliphatic rings. The molecule has 2 rings (SSSR count). The number of amides is 1. The number of halogens is 3. The minimum atomic E-state index is -0.979. The van der Waals surface area contributed by atoms with E-state index in [0.29, 0.717) is 18.2 Å². The van der Waals surface area contributed by atoms with Crippen molar-refractivity contribution in [2.24, 2.45) is 0 Å². The summed E-state index contributed by atoms with van der Waals surface area (Å²) in [6.45, 7) is 1.84. The van der Waals surface area contributed by atoms with Gasteiger partial charge in [-0.1, -0.05) is 18.5 Å². The second kappa shape index (κ2) is 5.46. The van der Waals surface area contributed by atoms with Gasteiger partial charge in [-0.05, 0) is 12.5 Å². The van der Waals surface area contributed by atoms with Crippen LogP contribution in [0.5, 0.6) is 0 Å². The summed E-state index contributed by atoms with van der Waals surface area (Å²) in [6.07, 6.45) is 0.567. The van der Waals surface area contributed by atoms with Crippen molar-refractivity contribution < 1.29 is 13.6 Å². The fourth-order valence-corrected chi connectivity index (χ4v) is 1.91. The molecule has 1 heterocycles. The third kappa shape index (κ3) is 2.57. The van der Waals surface area contributed by atoms with Crippen molar-refractivity contribution in [3.05, 3.63) is 40.2 Å². The number of nitrogens with one attached hydrogen (secondary N) is 2. The van der Waals surface area contributed by atoms with Crippen LogP contribution in [0.4, 0.5) is 20.2 Å². The Hall–Kier alpha value is -2.15. The van der Waals surface area contributed by atoms with Gasteiger partial charge in [0.05, 0.1) is 22.1 Å². The molecule has 1 amide bonds. The summed E-state index contributed by atoms with van der Waals surface area (Å²) in [7, 11) is 0. The van der Waals surface area contributed by atoms with Crippen LogP contribution in [0.15, 0.2) is 12.1 Å². The minimum absolute atomic E-state index is 0.0679. The fraction of sp³-hybridized carbons (Fsp3) is 0.167. The normalized spacial score (nSPS) is 10.6. The number of benzene rings is 1. The number of H-pyrrole nitrogens is 1. The standard InChI is InChI=1S/C12H11ClF2N4O/c1-2-8-9(16)11(19-18-8)12(20)17-10-6(13)3-5(14)4-7(10)15/h3-4H,2,16H2,1H3,(H,17,20)(H,18,19). The van der Waals surface area contributed by atoms with E-state index in [1.807, 2.05) is 6.92 Å². The van der Waals surface area contributed by atoms with Crippen LogP contribution in [0.3, 0.4) is 0 Å². The van der Waals surface area contributed by atoms with E-state index in [9.17, 15) is 13.6 Å². The first-order valence-corrected chi connectivity index (χ1v) is 6.10. The quantitative estimate of drug-likeness (QED) is 0.815. The molecule has 0 saturated heterocycles. The first kappa shape index (κ1) is 14.3. The lowest BCUT2D eigenvalue weighted by Gasteiger charge is -2.07. The van der Waals surface area contributed by atoms with Crippen LogP contribution < -0.4 is 11.1 Å². The molecule has 0 fully saturated rings. The van der Waals surface area contributed by atoms with Crippen molar-refractivity contribution in [3.8, 4) is 0 Å². The van der Waals surface area contributed by atoms with E-state index in [4.69, 9.17) is 17.3 Å². The van der Waals surface area contributed by atoms with Crippen LogP contribution >= 0.6 is 11.6 Å². The summed E-state index contributed by atoms with van der Waals surface area (Å²) in [6, 6.07) is 1.51. The SMILES string of the molecule is CCc1[nH]nc(C(=O)Nc2c(F)cc(F)cc2Cl)c1N. The Morgan fingerprint density at radius 3 is 2.75 bits per heavy atom. The zero-order valence-electron chi connectivity index (χ0n) is 10.4. The number of anilines is 2. The van der Waals surface area contributed by atoms with Crippen LogP contribution in [-0.4, -0.2) is 16.1 Å². The second-order valence-corrected chi connectivity index (χ2v) is 4.42. The molecule has 0 saturated carbocycles. The van der Waals surface area contributed by atoms with Gasteiger partial charge in [-0.2, -0.15) is 5.10 Å². The number of nitrogens with two attached hydrogens (primary N) is 1. The maximum Gasteiger partial charge on any atom is 0.278 e. The van der Waals surface area contributed by atoms with Crippen molar-refractivity contribution in [2.45, 2.75) is 13.3 Å². The van der Waals surface area contributed by atoms with E-state index in [2.05, 4.69) is 15.5 Å². The molecule has 8 heteroatoms. The zero-order valence-corrected chi connectivity index (χ0v) is 11.2. The first-order valence-electron chi connectivity index (χ1n) is 5.72. The number of rotatable bonds is 3. The van der Waals surface area contributed by atoms with Crippen molar-refractivity contribution in [1.29, 1.82) is 0 Å². The number of carbonyl (C=O) groups excluding carboxylic acids is 1. The first-order chi connectivity index (χ1) is 9.43. The van der Waals surface area contributed by atoms with E-state index in [0.717, 1.165) is 6.07 Å². The lowest BCUT2D eigenvalue weighted by molar-refractivity contribution is 0.102. The van der Waals surface area contributed by atoms with Gasteiger partial charge in [-0.15, -0.1) is 0 Å². The molecule has 0 atom stereocenters. The fourth-order valence-electron chi connectivity index (χ4n) is 1.66. The van der Waals surface area contributed by atoms with E-state index in [-0.39, 0.29) is 22.1 Å². The van der Waals surface area contributed by atoms with Crippen molar-refractivity contribution in [3.63, 3.8) is 0 Å². The van der Waals surface area contributed by atoms with Crippen LogP contribution in [0, 0.1) is 11.6 Å². The lowest BCUT2D eigenvalue weighted by atomic mass is 10.2. The highest BCUT2D eigenvalue weighted by atomic mass is 35.5. The van der Waals surface area contributed by atoms with Gasteiger partial charge in [0, 0.05) is 6.07 Å². The average molecular weight is 301 g/mol. The van der Waals surface area contributed by atoms with Crippen LogP contribution in [0.2, 0.25) is 5.02 Å². The molecule has 0 aliphatic carbocycles. The second-order valence-electron chi connectivity index (χ2n) is 4.02. The van der Waals surface area contributed by atoms with E-state index in [1.165, 1.54) is 0 Å². The van der Waals surface area contributed by atoms with Crippen molar-refractivity contribution in [2.75, 3.05) is 11.1 Å². The topological polar surface area (TPSA) is 83.8 Å². The highest BCUT2D eigenvalue weighted by Crippen LogP contribution is 2.27. The Morgan fingerprint density at radius 1 is 1.50 bits per heavy atom. The Labute approximate surface area is 118 Å². The molecular weight excluding hydrogens is 290 g/mol. The van der Waals surface area contributed by atoms with Crippen LogP contribution in [0.1, 0.15) is 23.1 Å². The summed E-state index contributed by atoms with van der Waals surface area (Å²) in [5, 5.41) is 8.34. The van der Waals surface area contributed by atoms with Gasteiger partial charge in [0.1, 0.15) is 5.82 Å². The molecule has 4 N–H and O–H groups in total. The van der Waals surface area contributed by atoms with Crippen LogP contribution in [-0.2, 0) is 6.42 Å². The number of carbonyl (C=O) groups is 1. The molecule has 0 bridgehead atoms. The molecule has 5 nitrogen and oxygen atoms in total. The van der Waals surface area contributed by atoms with Gasteiger partial charge in [-0.25, -0.2) is 8.78 Å². The third-order valence-corrected chi connectivity index (χ3v) is 3.00. The summed E-state index contributed by atoms with van der Waals surface area (Å²) in [5.74, 6) is -2.54. The predicted octanol–water partition coefficient (Wildman–Crippen LogP) is 2.74. The molecule has 2 aromatic rings. The molecule has 1 aromatic heterocycles. The van der Waals surface area contributed by atoms with Crippen LogP contribution in [0.25, 0.3) is 0 Å². The van der Waals surface area contributed by atoms with E-state index < -0.39 is 17.5 Å². The van der Waals surface area contributed by atoms with E-state index >= 15 is 0 Å². The summed E-state index contributed by atoms with van der Waals surface area (Å²) < 4.78 is 26.5. The van der Waals surface area contributed by atoms with Gasteiger partial charge in [-0.3, -0.25) is 9.89 Å². The maximum atomic E-state index is 13.6. The number of aromatic nitrogens is 2. The number of aryl methyl sites for hydroxylation is 1. The van der Waals surface area contributed by atoms with Gasteiger partial charge in [0.15, 0.2) is 11.5 Å². The van der Waals surface area contributed by atoms with Gasteiger partial charge < -0.3 is 11.1 Å². The Kier molecular flexibility index (Phi) is 3.89. The highest BCUT2D eigenvalue weighted by Gasteiger charge is 2.19. The van der Waals surface area contributed by atoms with Gasteiger partial charge >= 0.3 is 0 Å². The summed E-state index contributed by atoms with van der Waals surface area (Å²) in [4.78, 5) is 12.0. The summed E-state index contributed by atoms with van der Waals surface area (Å²) in [5.41, 5.74) is 6.12. The number of hydrogen-bond acceptors (Lipinski definition) is 3. The zero-order chi connectivity index (χ0) is 14.9. The number of nitrogen functional groups attached to an aromatic ring is 1. The minimum Gasteiger partial charge on any atom is -0.395 e. The van der Waals surface area contributed by atoms with Gasteiger partial charge in [0.2, 0.25) is 0 Å². The molecule has 0 aliphatic heterocycles. The maximum absolute atomic E-state index is 13.6. The molecule has 1 aromatic carbocycles.